The van der Waals surface area contributed by atoms with Crippen molar-refractivity contribution in [2.24, 2.45) is 0 Å². The standard InChI is InChI=1S/C12H18N2O2S/c1-9-3-8-17-11(9)10(12(15)16)14-6-2-4-13-5-7-14/h3,8,10,13H,2,4-7H2,1H3,(H,15,16). The Kier molecular flexibility index (Phi) is 4.15. The Balaban J connectivity index is 2.22. The number of aryl methyl sites for hydroxylation is 1. The second-order valence-electron chi connectivity index (χ2n) is 4.35. The first-order valence-corrected chi connectivity index (χ1v) is 6.79. The van der Waals surface area contributed by atoms with Crippen molar-refractivity contribution in [3.8, 4) is 0 Å². The molecule has 1 atom stereocenters. The van der Waals surface area contributed by atoms with E-state index in [0.29, 0.717) is 0 Å². The predicted molar refractivity (Wildman–Crippen MR) is 68.5 cm³/mol. The minimum atomic E-state index is -0.738. The molecule has 1 aromatic heterocycles. The summed E-state index contributed by atoms with van der Waals surface area (Å²) in [6.07, 6.45) is 1.01. The van der Waals surface area contributed by atoms with Gasteiger partial charge in [-0.05, 0) is 36.9 Å². The van der Waals surface area contributed by atoms with E-state index in [1.54, 1.807) is 11.3 Å². The highest BCUT2D eigenvalue weighted by Gasteiger charge is 2.29. The van der Waals surface area contributed by atoms with E-state index in [0.717, 1.165) is 43.0 Å². The Bertz CT molecular complexity index is 384. The molecule has 1 saturated heterocycles. The van der Waals surface area contributed by atoms with E-state index in [2.05, 4.69) is 10.2 Å². The monoisotopic (exact) mass is 254 g/mol. The average molecular weight is 254 g/mol. The summed E-state index contributed by atoms with van der Waals surface area (Å²) in [5.74, 6) is -0.738. The van der Waals surface area contributed by atoms with E-state index in [4.69, 9.17) is 0 Å². The van der Waals surface area contributed by atoms with Crippen LogP contribution in [-0.4, -0.2) is 42.2 Å². The van der Waals surface area contributed by atoms with Crippen molar-refractivity contribution in [3.63, 3.8) is 0 Å². The number of carboxylic acids is 1. The molecule has 0 bridgehead atoms. The number of carbonyl (C=O) groups is 1. The van der Waals surface area contributed by atoms with Gasteiger partial charge in [-0.1, -0.05) is 0 Å². The fourth-order valence-electron chi connectivity index (χ4n) is 2.22. The van der Waals surface area contributed by atoms with Crippen LogP contribution in [0.15, 0.2) is 11.4 Å². The molecule has 1 fully saturated rings. The summed E-state index contributed by atoms with van der Waals surface area (Å²) in [7, 11) is 0. The lowest BCUT2D eigenvalue weighted by molar-refractivity contribution is -0.143. The fraction of sp³-hybridized carbons (Fsp3) is 0.583. The minimum absolute atomic E-state index is 0.477. The van der Waals surface area contributed by atoms with E-state index in [1.807, 2.05) is 18.4 Å². The molecular formula is C12H18N2O2S. The van der Waals surface area contributed by atoms with Gasteiger partial charge >= 0.3 is 5.97 Å². The minimum Gasteiger partial charge on any atom is -0.480 e. The Morgan fingerprint density at radius 2 is 2.35 bits per heavy atom. The van der Waals surface area contributed by atoms with Gasteiger partial charge < -0.3 is 10.4 Å². The van der Waals surface area contributed by atoms with Gasteiger partial charge in [-0.2, -0.15) is 0 Å². The SMILES string of the molecule is Cc1ccsc1C(C(=O)O)N1CCCNCC1. The van der Waals surface area contributed by atoms with Gasteiger partial charge in [0.1, 0.15) is 6.04 Å². The summed E-state index contributed by atoms with van der Waals surface area (Å²) in [6.45, 7) is 5.48. The van der Waals surface area contributed by atoms with Gasteiger partial charge in [0.2, 0.25) is 0 Å². The molecule has 2 N–H and O–H groups in total. The van der Waals surface area contributed by atoms with Gasteiger partial charge in [0.25, 0.3) is 0 Å². The van der Waals surface area contributed by atoms with Crippen LogP contribution in [0.5, 0.6) is 0 Å². The number of nitrogens with one attached hydrogen (secondary N) is 1. The molecule has 1 aromatic rings. The summed E-state index contributed by atoms with van der Waals surface area (Å²) < 4.78 is 0. The molecule has 0 saturated carbocycles. The lowest BCUT2D eigenvalue weighted by Crippen LogP contribution is -2.36. The molecule has 5 heteroatoms. The van der Waals surface area contributed by atoms with Gasteiger partial charge in [0.15, 0.2) is 0 Å². The summed E-state index contributed by atoms with van der Waals surface area (Å²) in [5, 5.41) is 14.7. The van der Waals surface area contributed by atoms with Crippen LogP contribution in [0.3, 0.4) is 0 Å². The molecule has 0 aliphatic carbocycles. The van der Waals surface area contributed by atoms with Crippen LogP contribution < -0.4 is 5.32 Å². The molecule has 17 heavy (non-hydrogen) atoms. The van der Waals surface area contributed by atoms with Crippen molar-refractivity contribution in [2.45, 2.75) is 19.4 Å². The molecule has 0 spiro atoms. The zero-order chi connectivity index (χ0) is 12.3. The normalized spacial score (nSPS) is 19.8. The van der Waals surface area contributed by atoms with E-state index >= 15 is 0 Å². The van der Waals surface area contributed by atoms with Crippen molar-refractivity contribution in [1.29, 1.82) is 0 Å². The third-order valence-corrected chi connectivity index (χ3v) is 4.20. The van der Waals surface area contributed by atoms with Crippen LogP contribution in [0.1, 0.15) is 22.9 Å². The summed E-state index contributed by atoms with van der Waals surface area (Å²) in [5.41, 5.74) is 1.08. The van der Waals surface area contributed by atoms with Gasteiger partial charge in [-0.25, -0.2) is 0 Å². The molecule has 0 radical (unpaired) electrons. The average Bonchev–Trinajstić information content (AvgIpc) is 2.55. The van der Waals surface area contributed by atoms with Crippen LogP contribution in [0.4, 0.5) is 0 Å². The fourth-order valence-corrected chi connectivity index (χ4v) is 3.28. The van der Waals surface area contributed by atoms with Gasteiger partial charge in [0, 0.05) is 24.5 Å². The lowest BCUT2D eigenvalue weighted by Gasteiger charge is -2.26. The molecule has 0 aromatic carbocycles. The summed E-state index contributed by atoms with van der Waals surface area (Å²) >= 11 is 1.54. The van der Waals surface area contributed by atoms with Crippen LogP contribution in [-0.2, 0) is 4.79 Å². The van der Waals surface area contributed by atoms with Crippen molar-refractivity contribution in [1.82, 2.24) is 10.2 Å². The Morgan fingerprint density at radius 3 is 3.00 bits per heavy atom. The van der Waals surface area contributed by atoms with Gasteiger partial charge in [-0.15, -0.1) is 11.3 Å². The third-order valence-electron chi connectivity index (χ3n) is 3.12. The number of hydrogen-bond donors (Lipinski definition) is 2. The molecular weight excluding hydrogens is 236 g/mol. The number of aliphatic carboxylic acids is 1. The molecule has 2 heterocycles. The first kappa shape index (κ1) is 12.5. The second-order valence-corrected chi connectivity index (χ2v) is 5.30. The maximum Gasteiger partial charge on any atom is 0.326 e. The summed E-state index contributed by atoms with van der Waals surface area (Å²) in [6, 6.07) is 1.52. The number of hydrogen-bond acceptors (Lipinski definition) is 4. The van der Waals surface area contributed by atoms with Crippen LogP contribution >= 0.6 is 11.3 Å². The third kappa shape index (κ3) is 2.86. The molecule has 4 nitrogen and oxygen atoms in total. The molecule has 1 aliphatic rings. The van der Waals surface area contributed by atoms with Crippen molar-refractivity contribution in [2.75, 3.05) is 26.2 Å². The van der Waals surface area contributed by atoms with Crippen LogP contribution in [0.25, 0.3) is 0 Å². The number of nitrogens with zero attached hydrogens (tertiary/aromatic N) is 1. The predicted octanol–water partition coefficient (Wildman–Crippen LogP) is 1.48. The van der Waals surface area contributed by atoms with E-state index in [9.17, 15) is 9.90 Å². The van der Waals surface area contributed by atoms with Crippen LogP contribution in [0, 0.1) is 6.92 Å². The number of thiophene rings is 1. The second kappa shape index (κ2) is 5.62. The van der Waals surface area contributed by atoms with Gasteiger partial charge in [-0.3, -0.25) is 9.69 Å². The summed E-state index contributed by atoms with van der Waals surface area (Å²) in [4.78, 5) is 14.5. The largest absolute Gasteiger partial charge is 0.480 e. The van der Waals surface area contributed by atoms with E-state index in [-0.39, 0.29) is 0 Å². The molecule has 0 amide bonds. The highest BCUT2D eigenvalue weighted by molar-refractivity contribution is 7.10. The first-order chi connectivity index (χ1) is 8.20. The topological polar surface area (TPSA) is 52.6 Å². The maximum atomic E-state index is 11.5. The highest BCUT2D eigenvalue weighted by atomic mass is 32.1. The smallest absolute Gasteiger partial charge is 0.326 e. The first-order valence-electron chi connectivity index (χ1n) is 5.91. The molecule has 94 valence electrons. The number of carboxylic acid groups (broad SMARTS) is 1. The van der Waals surface area contributed by atoms with Crippen molar-refractivity contribution < 1.29 is 9.90 Å². The zero-order valence-electron chi connectivity index (χ0n) is 9.98. The highest BCUT2D eigenvalue weighted by Crippen LogP contribution is 2.29. The Hall–Kier alpha value is -0.910. The zero-order valence-corrected chi connectivity index (χ0v) is 10.8. The quantitative estimate of drug-likeness (QED) is 0.858. The van der Waals surface area contributed by atoms with Crippen molar-refractivity contribution >= 4 is 17.3 Å². The number of rotatable bonds is 3. The molecule has 2 rings (SSSR count). The van der Waals surface area contributed by atoms with E-state index < -0.39 is 12.0 Å². The Morgan fingerprint density at radius 1 is 1.53 bits per heavy atom. The molecule has 1 unspecified atom stereocenters. The lowest BCUT2D eigenvalue weighted by atomic mass is 10.1. The van der Waals surface area contributed by atoms with E-state index in [1.165, 1.54) is 0 Å². The van der Waals surface area contributed by atoms with Gasteiger partial charge in [0.05, 0.1) is 0 Å². The Labute approximate surface area is 105 Å². The maximum absolute atomic E-state index is 11.5. The van der Waals surface area contributed by atoms with Crippen LogP contribution in [0.2, 0.25) is 0 Å². The van der Waals surface area contributed by atoms with Crippen molar-refractivity contribution in [3.05, 3.63) is 21.9 Å². The molecule has 1 aliphatic heterocycles.